The fraction of sp³-hybridized carbons (Fsp3) is 0.650. The first-order chi connectivity index (χ1) is 11.1. The van der Waals surface area contributed by atoms with Gasteiger partial charge in [0.15, 0.2) is 0 Å². The Morgan fingerprint density at radius 3 is 2.42 bits per heavy atom. The van der Waals surface area contributed by atoms with Gasteiger partial charge in [-0.15, -0.1) is 0 Å². The van der Waals surface area contributed by atoms with Crippen molar-refractivity contribution in [3.05, 3.63) is 34.9 Å². The standard InChI is InChI=1S/C20H31FO3/c1-7-16-15(12-22)9-8-10-17(16)18(21)11-13(2)14(3)19(23)24-20(4,5)6/h8-10,13-14,18,22H,7,11-12H2,1-6H3. The van der Waals surface area contributed by atoms with Gasteiger partial charge in [-0.25, -0.2) is 4.39 Å². The van der Waals surface area contributed by atoms with Gasteiger partial charge in [-0.3, -0.25) is 4.79 Å². The molecule has 0 radical (unpaired) electrons. The van der Waals surface area contributed by atoms with Crippen LogP contribution in [0, 0.1) is 11.8 Å². The molecule has 0 heterocycles. The minimum absolute atomic E-state index is 0.0897. The number of aliphatic hydroxyl groups excluding tert-OH is 1. The average molecular weight is 338 g/mol. The lowest BCUT2D eigenvalue weighted by Crippen LogP contribution is -2.30. The minimum atomic E-state index is -1.16. The van der Waals surface area contributed by atoms with E-state index in [1.54, 1.807) is 19.1 Å². The second-order valence-electron chi connectivity index (χ2n) is 7.50. The number of carbonyl (C=O) groups excluding carboxylic acids is 1. The van der Waals surface area contributed by atoms with Crippen molar-refractivity contribution in [2.24, 2.45) is 11.8 Å². The van der Waals surface area contributed by atoms with E-state index in [9.17, 15) is 14.3 Å². The summed E-state index contributed by atoms with van der Waals surface area (Å²) < 4.78 is 20.3. The third-order valence-electron chi connectivity index (χ3n) is 4.38. The van der Waals surface area contributed by atoms with Crippen molar-refractivity contribution >= 4 is 5.97 Å². The number of carbonyl (C=O) groups is 1. The second kappa shape index (κ2) is 8.61. The molecule has 1 aromatic carbocycles. The molecule has 24 heavy (non-hydrogen) atoms. The zero-order valence-corrected chi connectivity index (χ0v) is 15.7. The predicted octanol–water partition coefficient (Wildman–Crippen LogP) is 4.76. The van der Waals surface area contributed by atoms with Crippen LogP contribution < -0.4 is 0 Å². The van der Waals surface area contributed by atoms with E-state index in [0.717, 1.165) is 11.1 Å². The van der Waals surface area contributed by atoms with E-state index in [1.165, 1.54) is 0 Å². The van der Waals surface area contributed by atoms with Crippen LogP contribution in [-0.4, -0.2) is 16.7 Å². The molecule has 3 unspecified atom stereocenters. The van der Waals surface area contributed by atoms with Crippen molar-refractivity contribution in [3.63, 3.8) is 0 Å². The largest absolute Gasteiger partial charge is 0.460 e. The van der Waals surface area contributed by atoms with Gasteiger partial charge in [0, 0.05) is 0 Å². The van der Waals surface area contributed by atoms with Gasteiger partial charge in [-0.2, -0.15) is 0 Å². The molecule has 1 rings (SSSR count). The molecular weight excluding hydrogens is 307 g/mol. The molecule has 0 aromatic heterocycles. The number of rotatable bonds is 7. The van der Waals surface area contributed by atoms with Gasteiger partial charge < -0.3 is 9.84 Å². The van der Waals surface area contributed by atoms with Gasteiger partial charge in [0.2, 0.25) is 0 Å². The molecule has 3 nitrogen and oxygen atoms in total. The highest BCUT2D eigenvalue weighted by Crippen LogP contribution is 2.33. The van der Waals surface area contributed by atoms with Crippen LogP contribution >= 0.6 is 0 Å². The Bertz CT molecular complexity index is 548. The Kier molecular flexibility index (Phi) is 7.40. The Morgan fingerprint density at radius 2 is 1.92 bits per heavy atom. The van der Waals surface area contributed by atoms with Crippen LogP contribution in [0.15, 0.2) is 18.2 Å². The Balaban J connectivity index is 2.84. The molecule has 0 aliphatic rings. The van der Waals surface area contributed by atoms with Gasteiger partial charge >= 0.3 is 5.97 Å². The first-order valence-corrected chi connectivity index (χ1v) is 8.69. The van der Waals surface area contributed by atoms with Crippen molar-refractivity contribution in [1.82, 2.24) is 0 Å². The van der Waals surface area contributed by atoms with E-state index in [1.807, 2.05) is 40.7 Å². The highest BCUT2D eigenvalue weighted by molar-refractivity contribution is 5.72. The fourth-order valence-electron chi connectivity index (χ4n) is 2.81. The van der Waals surface area contributed by atoms with Crippen LogP contribution in [0.5, 0.6) is 0 Å². The number of ether oxygens (including phenoxy) is 1. The normalized spacial score (nSPS) is 15.7. The van der Waals surface area contributed by atoms with E-state index in [0.29, 0.717) is 12.0 Å². The van der Waals surface area contributed by atoms with Crippen LogP contribution in [0.1, 0.15) is 70.8 Å². The maximum atomic E-state index is 14.9. The highest BCUT2D eigenvalue weighted by atomic mass is 19.1. The van der Waals surface area contributed by atoms with Crippen LogP contribution in [0.2, 0.25) is 0 Å². The average Bonchev–Trinajstić information content (AvgIpc) is 2.51. The maximum absolute atomic E-state index is 14.9. The molecule has 0 aliphatic carbocycles. The number of alkyl halides is 1. The van der Waals surface area contributed by atoms with Crippen molar-refractivity contribution in [3.8, 4) is 0 Å². The molecule has 1 aromatic rings. The quantitative estimate of drug-likeness (QED) is 0.729. The summed E-state index contributed by atoms with van der Waals surface area (Å²) in [6, 6.07) is 5.36. The third-order valence-corrected chi connectivity index (χ3v) is 4.38. The summed E-state index contributed by atoms with van der Waals surface area (Å²) in [7, 11) is 0. The summed E-state index contributed by atoms with van der Waals surface area (Å²) in [4.78, 5) is 12.2. The molecule has 1 N–H and O–H groups in total. The highest BCUT2D eigenvalue weighted by Gasteiger charge is 2.28. The Morgan fingerprint density at radius 1 is 1.29 bits per heavy atom. The molecule has 0 aliphatic heterocycles. The summed E-state index contributed by atoms with van der Waals surface area (Å²) >= 11 is 0. The van der Waals surface area contributed by atoms with Gasteiger partial charge in [0.05, 0.1) is 12.5 Å². The molecule has 3 atom stereocenters. The van der Waals surface area contributed by atoms with E-state index >= 15 is 0 Å². The van der Waals surface area contributed by atoms with Crippen molar-refractivity contribution in [1.29, 1.82) is 0 Å². The fourth-order valence-corrected chi connectivity index (χ4v) is 2.81. The zero-order valence-electron chi connectivity index (χ0n) is 15.7. The predicted molar refractivity (Wildman–Crippen MR) is 94.4 cm³/mol. The molecule has 0 saturated carbocycles. The molecule has 4 heteroatoms. The number of hydrogen-bond acceptors (Lipinski definition) is 3. The van der Waals surface area contributed by atoms with Crippen molar-refractivity contribution < 1.29 is 19.0 Å². The molecule has 0 spiro atoms. The molecule has 0 saturated heterocycles. The van der Waals surface area contributed by atoms with Crippen LogP contribution in [-0.2, 0) is 22.6 Å². The molecule has 0 fully saturated rings. The topological polar surface area (TPSA) is 46.5 Å². The van der Waals surface area contributed by atoms with E-state index in [-0.39, 0.29) is 30.8 Å². The number of aliphatic hydroxyl groups is 1. The zero-order chi connectivity index (χ0) is 18.5. The smallest absolute Gasteiger partial charge is 0.309 e. The van der Waals surface area contributed by atoms with Crippen molar-refractivity contribution in [2.45, 2.75) is 72.8 Å². The van der Waals surface area contributed by atoms with Gasteiger partial charge in [0.25, 0.3) is 0 Å². The van der Waals surface area contributed by atoms with Crippen LogP contribution in [0.3, 0.4) is 0 Å². The Labute approximate surface area is 145 Å². The van der Waals surface area contributed by atoms with E-state index in [4.69, 9.17) is 4.74 Å². The molecule has 136 valence electrons. The summed E-state index contributed by atoms with van der Waals surface area (Å²) in [5.74, 6) is -0.798. The number of hydrogen-bond donors (Lipinski definition) is 1. The van der Waals surface area contributed by atoms with Crippen LogP contribution in [0.25, 0.3) is 0 Å². The lowest BCUT2D eigenvalue weighted by Gasteiger charge is -2.26. The van der Waals surface area contributed by atoms with Crippen LogP contribution in [0.4, 0.5) is 4.39 Å². The monoisotopic (exact) mass is 338 g/mol. The van der Waals surface area contributed by atoms with Gasteiger partial charge in [-0.1, -0.05) is 39.0 Å². The van der Waals surface area contributed by atoms with Gasteiger partial charge in [0.1, 0.15) is 11.8 Å². The number of esters is 1. The summed E-state index contributed by atoms with van der Waals surface area (Å²) in [5, 5.41) is 9.42. The number of halogens is 1. The van der Waals surface area contributed by atoms with Gasteiger partial charge in [-0.05, 0) is 56.2 Å². The lowest BCUT2D eigenvalue weighted by atomic mass is 9.86. The minimum Gasteiger partial charge on any atom is -0.460 e. The first kappa shape index (κ1) is 20.6. The Hall–Kier alpha value is -1.42. The number of benzene rings is 1. The third kappa shape index (κ3) is 5.59. The van der Waals surface area contributed by atoms with Crippen molar-refractivity contribution in [2.75, 3.05) is 0 Å². The SMILES string of the molecule is CCc1c(CO)cccc1C(F)CC(C)C(C)C(=O)OC(C)(C)C. The summed E-state index contributed by atoms with van der Waals surface area (Å²) in [6.07, 6.45) is -0.239. The first-order valence-electron chi connectivity index (χ1n) is 8.69. The lowest BCUT2D eigenvalue weighted by molar-refractivity contribution is -0.161. The van der Waals surface area contributed by atoms with E-state index < -0.39 is 11.8 Å². The molecule has 0 amide bonds. The summed E-state index contributed by atoms with van der Waals surface area (Å²) in [5.41, 5.74) is 1.72. The maximum Gasteiger partial charge on any atom is 0.309 e. The second-order valence-corrected chi connectivity index (χ2v) is 7.50. The summed E-state index contributed by atoms with van der Waals surface area (Å²) in [6.45, 7) is 11.0. The molecule has 0 bridgehead atoms. The van der Waals surface area contributed by atoms with E-state index in [2.05, 4.69) is 0 Å². The molecular formula is C20H31FO3.